The molecule has 13 nitrogen and oxygen atoms in total. The lowest BCUT2D eigenvalue weighted by molar-refractivity contribution is -0.119. The van der Waals surface area contributed by atoms with E-state index in [1.54, 1.807) is 17.0 Å². The highest BCUT2D eigenvalue weighted by molar-refractivity contribution is 5.92. The van der Waals surface area contributed by atoms with E-state index in [1.165, 1.54) is 18.7 Å². The van der Waals surface area contributed by atoms with Crippen LogP contribution in [-0.2, 0) is 17.8 Å². The molecule has 44 heavy (non-hydrogen) atoms. The van der Waals surface area contributed by atoms with E-state index >= 15 is 0 Å². The number of anilines is 3. The van der Waals surface area contributed by atoms with Gasteiger partial charge in [-0.2, -0.15) is 4.98 Å². The van der Waals surface area contributed by atoms with Gasteiger partial charge >= 0.3 is 0 Å². The summed E-state index contributed by atoms with van der Waals surface area (Å²) in [4.78, 5) is 64.1. The van der Waals surface area contributed by atoms with Crippen molar-refractivity contribution >= 4 is 35.0 Å². The minimum atomic E-state index is -0.530. The van der Waals surface area contributed by atoms with E-state index in [-0.39, 0.29) is 23.3 Å². The van der Waals surface area contributed by atoms with Crippen LogP contribution in [-0.4, -0.2) is 78.6 Å². The highest BCUT2D eigenvalue weighted by atomic mass is 16.2. The summed E-state index contributed by atoms with van der Waals surface area (Å²) in [5, 5.41) is 6.37. The predicted octanol–water partition coefficient (Wildman–Crippen LogP) is 3.21. The number of hydrogen-bond donors (Lipinski definition) is 3. The number of ketones is 1. The lowest BCUT2D eigenvalue weighted by Gasteiger charge is -2.34. The van der Waals surface area contributed by atoms with E-state index in [1.807, 2.05) is 43.3 Å². The third kappa shape index (κ3) is 7.67. The van der Waals surface area contributed by atoms with Gasteiger partial charge in [-0.1, -0.05) is 43.3 Å². The molecule has 4 aromatic rings. The van der Waals surface area contributed by atoms with Crippen LogP contribution in [0.1, 0.15) is 35.0 Å². The number of nitrogens with zero attached hydrogens (tertiary/aromatic N) is 7. The molecule has 1 atom stereocenters. The number of Topliss-reactive ketones (excluding diaryl/α,β-unsaturated/α-hetero) is 1. The van der Waals surface area contributed by atoms with Crippen molar-refractivity contribution in [2.24, 2.45) is 0 Å². The average molecular weight is 593 g/mol. The first-order chi connectivity index (χ1) is 21.4. The summed E-state index contributed by atoms with van der Waals surface area (Å²) in [5.74, 6) is 0.283. The zero-order valence-electron chi connectivity index (χ0n) is 24.2. The maximum absolute atomic E-state index is 12.7. The Kier molecular flexibility index (Phi) is 9.63. The fraction of sp³-hybridized carbons (Fsp3) is 0.290. The van der Waals surface area contributed by atoms with Crippen LogP contribution in [0.3, 0.4) is 0 Å². The van der Waals surface area contributed by atoms with Gasteiger partial charge in [-0.05, 0) is 29.7 Å². The van der Waals surface area contributed by atoms with Crippen LogP contribution in [0.2, 0.25) is 0 Å². The molecule has 1 aliphatic rings. The number of aromatic amines is 1. The van der Waals surface area contributed by atoms with E-state index in [0.717, 1.165) is 16.8 Å². The van der Waals surface area contributed by atoms with Crippen LogP contribution in [0.15, 0.2) is 72.0 Å². The molecular formula is C31H32N10O3. The van der Waals surface area contributed by atoms with Crippen molar-refractivity contribution in [3.63, 3.8) is 0 Å². The van der Waals surface area contributed by atoms with Gasteiger partial charge in [0.2, 0.25) is 11.9 Å². The molecular weight excluding hydrogens is 560 g/mol. The van der Waals surface area contributed by atoms with Crippen LogP contribution in [0.5, 0.6) is 0 Å². The maximum atomic E-state index is 12.7. The Bertz CT molecular complexity index is 1710. The number of hydrogen-bond acceptors (Lipinski definition) is 10. The molecule has 2 aromatic heterocycles. The number of amides is 1. The highest BCUT2D eigenvalue weighted by Crippen LogP contribution is 2.19. The monoisotopic (exact) mass is 592 g/mol. The van der Waals surface area contributed by atoms with Crippen LogP contribution < -0.4 is 16.2 Å². The summed E-state index contributed by atoms with van der Waals surface area (Å²) in [6, 6.07) is 14.5. The Hall–Kier alpha value is -5.48. The second-order valence-electron chi connectivity index (χ2n) is 10.3. The van der Waals surface area contributed by atoms with Crippen molar-refractivity contribution in [1.82, 2.24) is 34.7 Å². The smallest absolute Gasteiger partial charge is 0.279 e. The van der Waals surface area contributed by atoms with Crippen molar-refractivity contribution in [3.8, 4) is 0 Å². The normalized spacial score (nSPS) is 14.0. The zero-order chi connectivity index (χ0) is 30.9. The summed E-state index contributed by atoms with van der Waals surface area (Å²) >= 11 is 0. The fourth-order valence-electron chi connectivity index (χ4n) is 4.91. The lowest BCUT2D eigenvalue weighted by Crippen LogP contribution is -2.49. The van der Waals surface area contributed by atoms with Crippen molar-refractivity contribution in [3.05, 3.63) is 106 Å². The first kappa shape index (κ1) is 30.0. The molecule has 1 amide bonds. The van der Waals surface area contributed by atoms with Gasteiger partial charge < -0.3 is 20.5 Å². The highest BCUT2D eigenvalue weighted by Gasteiger charge is 2.25. The van der Waals surface area contributed by atoms with Gasteiger partial charge in [0.25, 0.3) is 11.5 Å². The van der Waals surface area contributed by atoms with Crippen LogP contribution in [0.4, 0.5) is 23.3 Å². The summed E-state index contributed by atoms with van der Waals surface area (Å²) in [7, 11) is 0. The van der Waals surface area contributed by atoms with Gasteiger partial charge in [0, 0.05) is 57.2 Å². The van der Waals surface area contributed by atoms with E-state index < -0.39 is 11.6 Å². The molecule has 5 rings (SSSR count). The summed E-state index contributed by atoms with van der Waals surface area (Å²) < 4.78 is 0. The van der Waals surface area contributed by atoms with Gasteiger partial charge in [-0.25, -0.2) is 19.8 Å². The average Bonchev–Trinajstić information content (AvgIpc) is 3.05. The van der Waals surface area contributed by atoms with E-state index in [4.69, 9.17) is 6.57 Å². The van der Waals surface area contributed by atoms with Crippen molar-refractivity contribution in [1.29, 1.82) is 0 Å². The zero-order valence-corrected chi connectivity index (χ0v) is 24.2. The van der Waals surface area contributed by atoms with Crippen molar-refractivity contribution in [2.45, 2.75) is 32.4 Å². The number of H-pyrrole nitrogens is 1. The van der Waals surface area contributed by atoms with Gasteiger partial charge in [0.1, 0.15) is 6.33 Å². The Morgan fingerprint density at radius 3 is 2.52 bits per heavy atom. The Morgan fingerprint density at radius 1 is 1.02 bits per heavy atom. The Labute approximate surface area is 254 Å². The number of carbonyl (C=O) groups is 2. The van der Waals surface area contributed by atoms with Crippen LogP contribution in [0, 0.1) is 6.57 Å². The molecule has 2 aromatic carbocycles. The Morgan fingerprint density at radius 2 is 1.80 bits per heavy atom. The van der Waals surface area contributed by atoms with E-state index in [2.05, 4.69) is 45.3 Å². The molecule has 0 bridgehead atoms. The largest absolute Gasteiger partial charge is 0.344 e. The Balaban J connectivity index is 1.18. The minimum absolute atomic E-state index is 0.0254. The molecule has 1 aliphatic heterocycles. The van der Waals surface area contributed by atoms with Crippen LogP contribution >= 0.6 is 0 Å². The lowest BCUT2D eigenvalue weighted by atomic mass is 10.0. The van der Waals surface area contributed by atoms with Gasteiger partial charge in [-0.3, -0.25) is 19.3 Å². The SMILES string of the molecule is [C-]#[N+]c1ccc(C[C@H](Nc2ncnc(Nc3cccc(CN4CCN(C(=O)c5ncc[nH]c5=O)CC4)c3)n2)C(=O)CC)cc1. The topological polar surface area (TPSA) is 153 Å². The maximum Gasteiger partial charge on any atom is 0.279 e. The fourth-order valence-corrected chi connectivity index (χ4v) is 4.91. The van der Waals surface area contributed by atoms with Gasteiger partial charge in [0.15, 0.2) is 17.2 Å². The molecule has 3 heterocycles. The van der Waals surface area contributed by atoms with E-state index in [9.17, 15) is 14.4 Å². The molecule has 1 saturated heterocycles. The number of rotatable bonds is 11. The third-order valence-corrected chi connectivity index (χ3v) is 7.28. The van der Waals surface area contributed by atoms with Crippen molar-refractivity contribution < 1.29 is 9.59 Å². The van der Waals surface area contributed by atoms with E-state index in [0.29, 0.717) is 57.2 Å². The molecule has 224 valence electrons. The van der Waals surface area contributed by atoms with Crippen LogP contribution in [0.25, 0.3) is 4.85 Å². The quantitative estimate of drug-likeness (QED) is 0.221. The minimum Gasteiger partial charge on any atom is -0.344 e. The number of benzene rings is 2. The second-order valence-corrected chi connectivity index (χ2v) is 10.3. The molecule has 0 spiro atoms. The summed E-state index contributed by atoms with van der Waals surface area (Å²) in [5.41, 5.74) is 2.77. The molecule has 0 aliphatic carbocycles. The third-order valence-electron chi connectivity index (χ3n) is 7.28. The number of aromatic nitrogens is 5. The summed E-state index contributed by atoms with van der Waals surface area (Å²) in [6.45, 7) is 12.0. The standard InChI is InChI=1S/C31H32N10O3/c1-3-26(42)25(18-21-7-9-23(32-2)10-8-21)38-31-36-20-35-30(39-31)37-24-6-4-5-22(17-24)19-40-13-15-41(16-14-40)29(44)27-28(43)34-12-11-33-27/h4-12,17,20,25H,3,13-16,18-19H2,1H3,(H,34,43)(H2,35,36,37,38,39)/t25-/m0/s1. The molecule has 0 radical (unpaired) electrons. The summed E-state index contributed by atoms with van der Waals surface area (Å²) in [6.07, 6.45) is 4.99. The molecule has 3 N–H and O–H groups in total. The predicted molar refractivity (Wildman–Crippen MR) is 165 cm³/mol. The number of piperazine rings is 1. The van der Waals surface area contributed by atoms with Gasteiger partial charge in [-0.15, -0.1) is 0 Å². The first-order valence-electron chi connectivity index (χ1n) is 14.3. The number of carbonyl (C=O) groups excluding carboxylic acids is 2. The second kappa shape index (κ2) is 14.1. The van der Waals surface area contributed by atoms with Gasteiger partial charge in [0.05, 0.1) is 12.6 Å². The van der Waals surface area contributed by atoms with Crippen molar-refractivity contribution in [2.75, 3.05) is 36.8 Å². The molecule has 1 fully saturated rings. The molecule has 0 saturated carbocycles. The number of nitrogens with one attached hydrogen (secondary N) is 3. The molecule has 13 heteroatoms. The molecule has 0 unspecified atom stereocenters. The first-order valence-corrected chi connectivity index (χ1v) is 14.3.